The van der Waals surface area contributed by atoms with Gasteiger partial charge in [-0.05, 0) is 37.1 Å². The van der Waals surface area contributed by atoms with E-state index in [2.05, 4.69) is 0 Å². The molecule has 0 spiro atoms. The average molecular weight is 314 g/mol. The fourth-order valence-corrected chi connectivity index (χ4v) is 1.13. The molecule has 0 aliphatic heterocycles. The first-order valence-corrected chi connectivity index (χ1v) is 7.45. The van der Waals surface area contributed by atoms with Gasteiger partial charge in [0.2, 0.25) is 0 Å². The highest BCUT2D eigenvalue weighted by molar-refractivity contribution is 7.45. The number of hydrogen-bond donors (Lipinski definition) is 5. The topological polar surface area (TPSA) is 118 Å². The van der Waals surface area contributed by atoms with Gasteiger partial charge in [0.05, 0.1) is 0 Å². The molecule has 0 fully saturated rings. The van der Waals surface area contributed by atoms with Crippen molar-refractivity contribution in [1.82, 2.24) is 0 Å². The minimum Gasteiger partial charge on any atom is -0.508 e. The summed E-state index contributed by atoms with van der Waals surface area (Å²) in [5.74, 6) is 0.736. The zero-order valence-electron chi connectivity index (χ0n) is 11.7. The van der Waals surface area contributed by atoms with E-state index in [1.807, 2.05) is 50.2 Å². The number of phenolic OH excluding ortho intramolecular Hbond substituents is 2. The maximum absolute atomic E-state index is 8.92. The summed E-state index contributed by atoms with van der Waals surface area (Å²) in [6.07, 6.45) is 0. The van der Waals surface area contributed by atoms with E-state index in [0.717, 1.165) is 11.1 Å². The molecule has 2 rings (SSSR count). The van der Waals surface area contributed by atoms with Crippen LogP contribution in [-0.4, -0.2) is 24.9 Å². The molecule has 21 heavy (non-hydrogen) atoms. The maximum Gasteiger partial charge on any atom is 0.466 e. The Morgan fingerprint density at radius 3 is 1.10 bits per heavy atom. The van der Waals surface area contributed by atoms with Crippen molar-refractivity contribution < 1.29 is 29.5 Å². The van der Waals surface area contributed by atoms with Crippen LogP contribution in [0.25, 0.3) is 0 Å². The summed E-state index contributed by atoms with van der Waals surface area (Å²) < 4.78 is 8.88. The van der Waals surface area contributed by atoms with Gasteiger partial charge in [0, 0.05) is 0 Å². The molecular weight excluding hydrogens is 295 g/mol. The predicted octanol–water partition coefficient (Wildman–Crippen LogP) is 2.47. The lowest BCUT2D eigenvalue weighted by Crippen LogP contribution is -1.68. The van der Waals surface area contributed by atoms with Gasteiger partial charge in [-0.1, -0.05) is 36.4 Å². The molecule has 0 heterocycles. The molecule has 0 aliphatic rings. The van der Waals surface area contributed by atoms with Crippen molar-refractivity contribution in [3.63, 3.8) is 0 Å². The zero-order valence-corrected chi connectivity index (χ0v) is 12.6. The number of para-hydroxylation sites is 2. The molecule has 0 aliphatic carbocycles. The van der Waals surface area contributed by atoms with Crippen LogP contribution in [0.3, 0.4) is 0 Å². The Balaban J connectivity index is 0.000000296. The third-order valence-corrected chi connectivity index (χ3v) is 2.23. The Hall–Kier alpha value is -1.85. The predicted molar refractivity (Wildman–Crippen MR) is 80.0 cm³/mol. The Morgan fingerprint density at radius 1 is 0.714 bits per heavy atom. The van der Waals surface area contributed by atoms with Gasteiger partial charge in [0.25, 0.3) is 0 Å². The van der Waals surface area contributed by atoms with Crippen molar-refractivity contribution in [3.05, 3.63) is 59.7 Å². The van der Waals surface area contributed by atoms with E-state index in [1.165, 1.54) is 0 Å². The maximum atomic E-state index is 8.92. The van der Waals surface area contributed by atoms with E-state index in [9.17, 15) is 0 Å². The minimum atomic E-state index is -4.64. The lowest BCUT2D eigenvalue weighted by atomic mass is 10.2. The molecule has 0 aromatic heterocycles. The van der Waals surface area contributed by atoms with E-state index in [0.29, 0.717) is 11.5 Å². The van der Waals surface area contributed by atoms with Crippen molar-refractivity contribution in [3.8, 4) is 11.5 Å². The number of aromatic hydroxyl groups is 2. The fraction of sp³-hybridized carbons (Fsp3) is 0.143. The third kappa shape index (κ3) is 11.7. The van der Waals surface area contributed by atoms with Gasteiger partial charge in [-0.25, -0.2) is 4.57 Å². The monoisotopic (exact) mass is 314 g/mol. The third-order valence-electron chi connectivity index (χ3n) is 2.23. The van der Waals surface area contributed by atoms with Crippen LogP contribution in [0.15, 0.2) is 48.5 Å². The lowest BCUT2D eigenvalue weighted by molar-refractivity contribution is 0.275. The number of benzene rings is 2. The Bertz CT molecular complexity index is 500. The first kappa shape index (κ1) is 19.2. The highest BCUT2D eigenvalue weighted by Crippen LogP contribution is 2.25. The molecule has 5 N–H and O–H groups in total. The van der Waals surface area contributed by atoms with Crippen LogP contribution in [0, 0.1) is 13.8 Å². The number of hydrogen-bond acceptors (Lipinski definition) is 3. The van der Waals surface area contributed by atoms with Gasteiger partial charge in [0.15, 0.2) is 0 Å². The summed E-state index contributed by atoms with van der Waals surface area (Å²) in [4.78, 5) is 21.6. The first-order valence-electron chi connectivity index (χ1n) is 5.88. The second kappa shape index (κ2) is 9.15. The van der Waals surface area contributed by atoms with Gasteiger partial charge in [-0.2, -0.15) is 0 Å². The summed E-state index contributed by atoms with van der Waals surface area (Å²) in [6, 6.07) is 14.5. The first-order chi connectivity index (χ1) is 9.61. The van der Waals surface area contributed by atoms with Gasteiger partial charge in [-0.3, -0.25) is 0 Å². The van der Waals surface area contributed by atoms with Crippen LogP contribution in [0.4, 0.5) is 0 Å². The van der Waals surface area contributed by atoms with Crippen molar-refractivity contribution >= 4 is 7.82 Å². The average Bonchev–Trinajstić information content (AvgIpc) is 2.35. The SMILES string of the molecule is Cc1ccccc1O.Cc1ccccc1O.O=P(O)(O)O. The fourth-order valence-electron chi connectivity index (χ4n) is 1.13. The van der Waals surface area contributed by atoms with Crippen molar-refractivity contribution in [2.75, 3.05) is 0 Å². The lowest BCUT2D eigenvalue weighted by Gasteiger charge is -1.92. The van der Waals surface area contributed by atoms with Crippen LogP contribution < -0.4 is 0 Å². The summed E-state index contributed by atoms with van der Waals surface area (Å²) >= 11 is 0. The van der Waals surface area contributed by atoms with Crippen LogP contribution in [0.5, 0.6) is 11.5 Å². The second-order valence-corrected chi connectivity index (χ2v) is 5.11. The van der Waals surface area contributed by atoms with Crippen molar-refractivity contribution in [2.45, 2.75) is 13.8 Å². The molecule has 0 unspecified atom stereocenters. The van der Waals surface area contributed by atoms with E-state index < -0.39 is 7.82 Å². The normalized spacial score (nSPS) is 9.76. The van der Waals surface area contributed by atoms with Crippen LogP contribution in [0.1, 0.15) is 11.1 Å². The largest absolute Gasteiger partial charge is 0.508 e. The van der Waals surface area contributed by atoms with Crippen molar-refractivity contribution in [2.24, 2.45) is 0 Å². The number of rotatable bonds is 0. The molecule has 0 atom stereocenters. The van der Waals surface area contributed by atoms with E-state index >= 15 is 0 Å². The number of phenols is 2. The number of phosphoric acid groups is 1. The highest BCUT2D eigenvalue weighted by atomic mass is 31.2. The van der Waals surface area contributed by atoms with Gasteiger partial charge in [0.1, 0.15) is 11.5 Å². The molecular formula is C14H19O6P. The molecule has 116 valence electrons. The molecule has 7 heteroatoms. The minimum absolute atomic E-state index is 0.368. The number of aryl methyl sites for hydroxylation is 2. The van der Waals surface area contributed by atoms with E-state index in [1.54, 1.807) is 12.1 Å². The summed E-state index contributed by atoms with van der Waals surface area (Å²) in [7, 11) is -4.64. The van der Waals surface area contributed by atoms with Crippen LogP contribution in [-0.2, 0) is 4.57 Å². The van der Waals surface area contributed by atoms with Gasteiger partial charge < -0.3 is 24.9 Å². The Morgan fingerprint density at radius 2 is 0.952 bits per heavy atom. The molecule has 6 nitrogen and oxygen atoms in total. The summed E-state index contributed by atoms with van der Waals surface area (Å²) in [5, 5.41) is 17.8. The highest BCUT2D eigenvalue weighted by Gasteiger charge is 2.00. The smallest absolute Gasteiger partial charge is 0.466 e. The van der Waals surface area contributed by atoms with Gasteiger partial charge in [-0.15, -0.1) is 0 Å². The molecule has 0 radical (unpaired) electrons. The zero-order chi connectivity index (χ0) is 16.5. The van der Waals surface area contributed by atoms with E-state index in [4.69, 9.17) is 29.5 Å². The molecule has 0 saturated carbocycles. The molecule has 2 aromatic rings. The quantitative estimate of drug-likeness (QED) is 0.477. The molecule has 0 saturated heterocycles. The second-order valence-electron chi connectivity index (χ2n) is 4.09. The molecule has 0 bridgehead atoms. The van der Waals surface area contributed by atoms with Gasteiger partial charge >= 0.3 is 7.82 Å². The molecule has 2 aromatic carbocycles. The summed E-state index contributed by atoms with van der Waals surface area (Å²) in [5.41, 5.74) is 1.85. The standard InChI is InChI=1S/2C7H8O.H3O4P/c2*1-6-4-2-3-5-7(6)8;1-5(2,3)4/h2*2-5,8H,1H3;(H3,1,2,3,4). The van der Waals surface area contributed by atoms with Crippen molar-refractivity contribution in [1.29, 1.82) is 0 Å². The van der Waals surface area contributed by atoms with Crippen LogP contribution in [0.2, 0.25) is 0 Å². The Kier molecular flexibility index (Phi) is 8.35. The summed E-state index contributed by atoms with van der Waals surface area (Å²) in [6.45, 7) is 3.74. The van der Waals surface area contributed by atoms with E-state index in [-0.39, 0.29) is 0 Å². The molecule has 0 amide bonds. The Labute approximate surface area is 123 Å². The van der Waals surface area contributed by atoms with Crippen LogP contribution >= 0.6 is 7.82 Å².